The van der Waals surface area contributed by atoms with E-state index in [1.54, 1.807) is 60.6 Å². The van der Waals surface area contributed by atoms with Crippen molar-refractivity contribution >= 4 is 51.9 Å². The standard InChI is InChI=1S/C41H39FN6O4S/c1-24-17-30(37(44-21-24)47-22-41(23-47)12-15-52-16-13-41)38(49)45-29-9-7-27(8-10-29)40(51)48-14-11-28-19-33(39(50)46-34-26(3)5-4-6-31(34)42)53-36(28)35-32(48)18-25(2)20-43-35/h4-10,17-21H,11-16,22-23H2,1-3H3,(H,45,49)(H,46,50). The van der Waals surface area contributed by atoms with Gasteiger partial charge in [-0.05, 0) is 111 Å². The Bertz CT molecular complexity index is 2240. The molecule has 2 N–H and O–H groups in total. The molecule has 12 heteroatoms. The molecule has 0 radical (unpaired) electrons. The number of carbonyl (C=O) groups excluding carboxylic acids is 3. The van der Waals surface area contributed by atoms with Gasteiger partial charge in [0.25, 0.3) is 17.7 Å². The van der Waals surface area contributed by atoms with Crippen LogP contribution < -0.4 is 20.4 Å². The van der Waals surface area contributed by atoms with Gasteiger partial charge in [-0.3, -0.25) is 19.4 Å². The van der Waals surface area contributed by atoms with Crippen LogP contribution in [-0.2, 0) is 11.2 Å². The highest BCUT2D eigenvalue weighted by Gasteiger charge is 2.45. The Balaban J connectivity index is 0.991. The first kappa shape index (κ1) is 34.6. The van der Waals surface area contributed by atoms with Crippen LogP contribution in [0, 0.1) is 32.0 Å². The predicted octanol–water partition coefficient (Wildman–Crippen LogP) is 7.59. The number of ether oxygens (including phenoxy) is 1. The Kier molecular flexibility index (Phi) is 9.03. The normalized spacial score (nSPS) is 15.9. The van der Waals surface area contributed by atoms with Gasteiger partial charge in [0.15, 0.2) is 0 Å². The number of nitrogens with zero attached hydrogens (tertiary/aromatic N) is 4. The van der Waals surface area contributed by atoms with Crippen LogP contribution in [0.5, 0.6) is 0 Å². The van der Waals surface area contributed by atoms with Crippen LogP contribution >= 0.6 is 11.3 Å². The van der Waals surface area contributed by atoms with Crippen molar-refractivity contribution in [2.75, 3.05) is 53.3 Å². The van der Waals surface area contributed by atoms with Crippen LogP contribution in [0.2, 0.25) is 0 Å². The number of nitrogens with one attached hydrogen (secondary N) is 2. The average molecular weight is 731 g/mol. The van der Waals surface area contributed by atoms with Crippen molar-refractivity contribution in [3.8, 4) is 10.6 Å². The zero-order chi connectivity index (χ0) is 36.9. The number of fused-ring (bicyclic) bond motifs is 3. The number of rotatable bonds is 6. The maximum absolute atomic E-state index is 14.5. The molecule has 2 fully saturated rings. The molecule has 0 bridgehead atoms. The van der Waals surface area contributed by atoms with Crippen molar-refractivity contribution in [1.82, 2.24) is 9.97 Å². The lowest BCUT2D eigenvalue weighted by atomic mass is 9.73. The molecule has 3 aromatic heterocycles. The number of aromatic nitrogens is 2. The summed E-state index contributed by atoms with van der Waals surface area (Å²) in [5.41, 5.74) is 6.51. The summed E-state index contributed by atoms with van der Waals surface area (Å²) in [6.45, 7) is 9.22. The minimum Gasteiger partial charge on any atom is -0.381 e. The summed E-state index contributed by atoms with van der Waals surface area (Å²) < 4.78 is 20.1. The molecule has 53 heavy (non-hydrogen) atoms. The monoisotopic (exact) mass is 730 g/mol. The lowest BCUT2D eigenvalue weighted by Gasteiger charge is -2.53. The first-order valence-electron chi connectivity index (χ1n) is 17.8. The number of amides is 3. The highest BCUT2D eigenvalue weighted by atomic mass is 32.1. The summed E-state index contributed by atoms with van der Waals surface area (Å²) in [7, 11) is 0. The average Bonchev–Trinajstić information content (AvgIpc) is 3.51. The number of hydrogen-bond acceptors (Lipinski definition) is 8. The molecule has 0 aliphatic carbocycles. The van der Waals surface area contributed by atoms with Crippen molar-refractivity contribution in [3.63, 3.8) is 0 Å². The summed E-state index contributed by atoms with van der Waals surface area (Å²) in [4.78, 5) is 55.5. The van der Waals surface area contributed by atoms with Gasteiger partial charge in [0.2, 0.25) is 0 Å². The van der Waals surface area contributed by atoms with Gasteiger partial charge in [-0.2, -0.15) is 0 Å². The number of aryl methyl sites for hydroxylation is 3. The van der Waals surface area contributed by atoms with E-state index in [9.17, 15) is 18.8 Å². The largest absolute Gasteiger partial charge is 0.381 e. The number of carbonyl (C=O) groups is 3. The minimum atomic E-state index is -0.493. The van der Waals surface area contributed by atoms with E-state index in [4.69, 9.17) is 9.72 Å². The van der Waals surface area contributed by atoms with Gasteiger partial charge >= 0.3 is 0 Å². The number of pyridine rings is 2. The molecule has 1 spiro atoms. The summed E-state index contributed by atoms with van der Waals surface area (Å²) >= 11 is 1.28. The number of halogens is 1. The van der Waals surface area contributed by atoms with E-state index in [-0.39, 0.29) is 22.9 Å². The first-order valence-corrected chi connectivity index (χ1v) is 18.6. The van der Waals surface area contributed by atoms with Gasteiger partial charge < -0.3 is 25.2 Å². The van der Waals surface area contributed by atoms with Crippen LogP contribution in [0.25, 0.3) is 10.6 Å². The number of thiophene rings is 1. The van der Waals surface area contributed by atoms with Gasteiger partial charge in [0, 0.05) is 61.9 Å². The summed E-state index contributed by atoms with van der Waals surface area (Å²) in [5.74, 6) is -0.669. The fourth-order valence-electron chi connectivity index (χ4n) is 7.46. The Morgan fingerprint density at radius 1 is 0.887 bits per heavy atom. The van der Waals surface area contributed by atoms with Crippen molar-refractivity contribution in [2.45, 2.75) is 40.0 Å². The summed E-state index contributed by atoms with van der Waals surface area (Å²) in [6, 6.07) is 17.2. The topological polar surface area (TPSA) is 117 Å². The lowest BCUT2D eigenvalue weighted by molar-refractivity contribution is -0.000511. The smallest absolute Gasteiger partial charge is 0.265 e. The molecule has 10 nitrogen and oxygen atoms in total. The molecule has 0 atom stereocenters. The van der Waals surface area contributed by atoms with Gasteiger partial charge in [-0.15, -0.1) is 11.3 Å². The maximum Gasteiger partial charge on any atom is 0.265 e. The first-order chi connectivity index (χ1) is 25.6. The lowest BCUT2D eigenvalue weighted by Crippen LogP contribution is -2.59. The third-order valence-electron chi connectivity index (χ3n) is 10.4. The zero-order valence-corrected chi connectivity index (χ0v) is 30.6. The molecule has 3 aliphatic rings. The Hall–Kier alpha value is -5.46. The molecule has 0 unspecified atom stereocenters. The quantitative estimate of drug-likeness (QED) is 0.185. The van der Waals surface area contributed by atoms with Crippen LogP contribution in [0.3, 0.4) is 0 Å². The van der Waals surface area contributed by atoms with Crippen molar-refractivity contribution < 1.29 is 23.5 Å². The molecule has 5 aromatic rings. The molecule has 270 valence electrons. The Morgan fingerprint density at radius 2 is 1.62 bits per heavy atom. The fraction of sp³-hybridized carbons (Fsp3) is 0.293. The highest BCUT2D eigenvalue weighted by molar-refractivity contribution is 7.17. The maximum atomic E-state index is 14.5. The van der Waals surface area contributed by atoms with Gasteiger partial charge in [0.05, 0.1) is 26.7 Å². The molecular weight excluding hydrogens is 692 g/mol. The molecular formula is C41H39FN6O4S. The Labute approximate surface area is 311 Å². The molecule has 2 saturated heterocycles. The van der Waals surface area contributed by atoms with E-state index in [2.05, 4.69) is 20.5 Å². The van der Waals surface area contributed by atoms with Crippen molar-refractivity contribution in [2.24, 2.45) is 5.41 Å². The van der Waals surface area contributed by atoms with Crippen molar-refractivity contribution in [3.05, 3.63) is 117 Å². The SMILES string of the molecule is Cc1cnc(N2CC3(CCOCC3)C2)c(C(=O)Nc2ccc(C(=O)N3CCc4cc(C(=O)Nc5c(C)cccc5F)sc4-c4ncc(C)cc43)cc2)c1. The van der Waals surface area contributed by atoms with E-state index in [0.29, 0.717) is 57.4 Å². The van der Waals surface area contributed by atoms with E-state index in [1.807, 2.05) is 32.0 Å². The number of para-hydroxylation sites is 1. The second kappa shape index (κ2) is 13.8. The number of benzene rings is 2. The molecule has 3 amide bonds. The van der Waals surface area contributed by atoms with Crippen LogP contribution in [0.4, 0.5) is 27.3 Å². The van der Waals surface area contributed by atoms with Crippen molar-refractivity contribution in [1.29, 1.82) is 0 Å². The third kappa shape index (κ3) is 6.68. The predicted molar refractivity (Wildman–Crippen MR) is 205 cm³/mol. The molecule has 0 saturated carbocycles. The molecule has 6 heterocycles. The zero-order valence-electron chi connectivity index (χ0n) is 29.8. The second-order valence-electron chi connectivity index (χ2n) is 14.3. The molecule has 8 rings (SSSR count). The fourth-order valence-corrected chi connectivity index (χ4v) is 8.57. The van der Waals surface area contributed by atoms with Gasteiger partial charge in [-0.25, -0.2) is 9.37 Å². The van der Waals surface area contributed by atoms with Gasteiger partial charge in [-0.1, -0.05) is 12.1 Å². The Morgan fingerprint density at radius 3 is 2.38 bits per heavy atom. The number of hydrogen-bond donors (Lipinski definition) is 2. The van der Waals surface area contributed by atoms with E-state index in [0.717, 1.165) is 60.7 Å². The second-order valence-corrected chi connectivity index (χ2v) is 15.4. The van der Waals surface area contributed by atoms with Crippen LogP contribution in [0.15, 0.2) is 73.1 Å². The van der Waals surface area contributed by atoms with Crippen LogP contribution in [0.1, 0.15) is 65.5 Å². The highest BCUT2D eigenvalue weighted by Crippen LogP contribution is 2.43. The van der Waals surface area contributed by atoms with E-state index >= 15 is 0 Å². The van der Waals surface area contributed by atoms with E-state index in [1.165, 1.54) is 17.4 Å². The number of anilines is 4. The molecule has 2 aromatic carbocycles. The summed E-state index contributed by atoms with van der Waals surface area (Å²) in [5, 5.41) is 5.74. The third-order valence-corrected chi connectivity index (χ3v) is 11.6. The summed E-state index contributed by atoms with van der Waals surface area (Å²) in [6.07, 6.45) is 6.08. The molecule has 3 aliphatic heterocycles. The van der Waals surface area contributed by atoms with Crippen LogP contribution in [-0.4, -0.2) is 60.5 Å². The minimum absolute atomic E-state index is 0.157. The van der Waals surface area contributed by atoms with E-state index < -0.39 is 11.7 Å². The van der Waals surface area contributed by atoms with Gasteiger partial charge in [0.1, 0.15) is 17.3 Å².